The number of hydrogen-bond acceptors (Lipinski definition) is 0. The molecule has 0 heteroatoms. The molecule has 0 atom stereocenters. The number of hydrogen-bond donors (Lipinski definition) is 0. The Labute approximate surface area is 127 Å². The molecule has 0 unspecified atom stereocenters. The second kappa shape index (κ2) is 23.1. The normalized spacial score (nSPS) is 9.16. The number of rotatable bonds is 2. The molecule has 0 amide bonds. The van der Waals surface area contributed by atoms with Gasteiger partial charge in [0.15, 0.2) is 0 Å². The Hall–Kier alpha value is 0. The highest BCUT2D eigenvalue weighted by Crippen LogP contribution is 2.08. The van der Waals surface area contributed by atoms with Gasteiger partial charge in [0.1, 0.15) is 0 Å². The lowest BCUT2D eigenvalue weighted by Crippen LogP contribution is -1.93. The Kier molecular flexibility index (Phi) is 38.2. The molecule has 0 aliphatic heterocycles. The molecule has 0 radical (unpaired) electrons. The summed E-state index contributed by atoms with van der Waals surface area (Å²) in [5, 5.41) is 0. The quantitative estimate of drug-likeness (QED) is 0.475. The maximum atomic E-state index is 2.21. The van der Waals surface area contributed by atoms with E-state index in [4.69, 9.17) is 0 Å². The van der Waals surface area contributed by atoms with Crippen molar-refractivity contribution in [1.29, 1.82) is 0 Å². The second-order valence-corrected chi connectivity index (χ2v) is 7.35. The van der Waals surface area contributed by atoms with Crippen molar-refractivity contribution in [3.05, 3.63) is 0 Å². The molecule has 0 aliphatic rings. The zero-order valence-corrected chi connectivity index (χ0v) is 17.1. The molecule has 0 bridgehead atoms. The van der Waals surface area contributed by atoms with Crippen LogP contribution in [0.1, 0.15) is 116 Å². The van der Waals surface area contributed by atoms with E-state index < -0.39 is 0 Å². The molecule has 0 rings (SSSR count). The van der Waals surface area contributed by atoms with Crippen LogP contribution in [0.2, 0.25) is 0 Å². The average molecular weight is 277 g/mol. The smallest absolute Gasteiger partial charge is 0.0411 e. The van der Waals surface area contributed by atoms with Crippen molar-refractivity contribution < 1.29 is 0 Å². The standard InChI is InChI=1S/3C5H12.2C2H6/c2*1-5(2,3)4;1-3-5-4-2;2*1-2/h2*1-4H3;3-5H2,1-2H3;2*1-2H3. The molecular weight excluding hydrogens is 228 g/mol. The van der Waals surface area contributed by atoms with E-state index in [-0.39, 0.29) is 0 Å². The van der Waals surface area contributed by atoms with Crippen molar-refractivity contribution in [2.45, 2.75) is 116 Å². The van der Waals surface area contributed by atoms with Gasteiger partial charge in [0.25, 0.3) is 0 Å². The number of unbranched alkanes of at least 4 members (excludes halogenated alkanes) is 2. The van der Waals surface area contributed by atoms with Gasteiger partial charge in [0.2, 0.25) is 0 Å². The maximum absolute atomic E-state index is 2.21. The SMILES string of the molecule is CC.CC.CC(C)(C)C.CC(C)(C)C.CCCCC. The molecule has 0 aromatic heterocycles. The van der Waals surface area contributed by atoms with Gasteiger partial charge >= 0.3 is 0 Å². The van der Waals surface area contributed by atoms with E-state index in [2.05, 4.69) is 69.2 Å². The predicted molar refractivity (Wildman–Crippen MR) is 98.2 cm³/mol. The van der Waals surface area contributed by atoms with Crippen molar-refractivity contribution in [3.8, 4) is 0 Å². The van der Waals surface area contributed by atoms with Crippen LogP contribution in [0, 0.1) is 10.8 Å². The van der Waals surface area contributed by atoms with Crippen LogP contribution in [0.3, 0.4) is 0 Å². The van der Waals surface area contributed by atoms with Crippen LogP contribution in [0.5, 0.6) is 0 Å². The molecule has 0 N–H and O–H groups in total. The van der Waals surface area contributed by atoms with Gasteiger partial charge in [-0.1, -0.05) is 116 Å². The zero-order valence-electron chi connectivity index (χ0n) is 17.1. The third kappa shape index (κ3) is 1150. The molecule has 0 heterocycles. The van der Waals surface area contributed by atoms with E-state index in [1.807, 2.05) is 27.7 Å². The topological polar surface area (TPSA) is 0 Å². The van der Waals surface area contributed by atoms with Crippen molar-refractivity contribution >= 4 is 0 Å². The van der Waals surface area contributed by atoms with Crippen molar-refractivity contribution in [2.75, 3.05) is 0 Å². The first-order chi connectivity index (χ1) is 8.41. The van der Waals surface area contributed by atoms with Crippen LogP contribution < -0.4 is 0 Å². The van der Waals surface area contributed by atoms with Crippen LogP contribution in [-0.2, 0) is 0 Å². The summed E-state index contributed by atoms with van der Waals surface area (Å²) >= 11 is 0. The minimum Gasteiger partial charge on any atom is -0.0683 e. The van der Waals surface area contributed by atoms with Gasteiger partial charge in [0.05, 0.1) is 0 Å². The van der Waals surface area contributed by atoms with Gasteiger partial charge in [0, 0.05) is 0 Å². The third-order valence-corrected chi connectivity index (χ3v) is 0.707. The summed E-state index contributed by atoms with van der Waals surface area (Å²) in [7, 11) is 0. The summed E-state index contributed by atoms with van der Waals surface area (Å²) in [5.41, 5.74) is 1.00. The van der Waals surface area contributed by atoms with Crippen LogP contribution in [-0.4, -0.2) is 0 Å². The van der Waals surface area contributed by atoms with E-state index in [9.17, 15) is 0 Å². The Bertz CT molecular complexity index is 72.2. The first-order valence-electron chi connectivity index (χ1n) is 8.41. The van der Waals surface area contributed by atoms with E-state index >= 15 is 0 Å². The Morgan fingerprint density at radius 1 is 0.474 bits per heavy atom. The highest BCUT2D eigenvalue weighted by atomic mass is 14.0. The summed E-state index contributed by atoms with van der Waals surface area (Å²) in [4.78, 5) is 0. The van der Waals surface area contributed by atoms with Crippen molar-refractivity contribution in [1.82, 2.24) is 0 Å². The van der Waals surface area contributed by atoms with Crippen LogP contribution in [0.4, 0.5) is 0 Å². The molecule has 19 heavy (non-hydrogen) atoms. The van der Waals surface area contributed by atoms with Gasteiger partial charge in [-0.15, -0.1) is 0 Å². The molecule has 0 fully saturated rings. The Morgan fingerprint density at radius 3 is 0.579 bits per heavy atom. The van der Waals surface area contributed by atoms with Crippen molar-refractivity contribution in [3.63, 3.8) is 0 Å². The first kappa shape index (κ1) is 31.4. The van der Waals surface area contributed by atoms with Gasteiger partial charge in [-0.05, 0) is 10.8 Å². The predicted octanol–water partition coefficient (Wildman–Crippen LogP) is 8.35. The molecule has 0 saturated carbocycles. The van der Waals surface area contributed by atoms with Gasteiger partial charge in [-0.3, -0.25) is 0 Å². The summed E-state index contributed by atoms with van der Waals surface area (Å²) in [6.07, 6.45) is 4.08. The maximum Gasteiger partial charge on any atom is -0.0411 e. The summed E-state index contributed by atoms with van der Waals surface area (Å²) < 4.78 is 0. The minimum atomic E-state index is 0.500. The van der Waals surface area contributed by atoms with Crippen molar-refractivity contribution in [2.24, 2.45) is 10.8 Å². The molecule has 124 valence electrons. The molecule has 0 aromatic rings. The van der Waals surface area contributed by atoms with E-state index in [1.54, 1.807) is 0 Å². The highest BCUT2D eigenvalue weighted by Gasteiger charge is 1.96. The molecule has 0 aliphatic carbocycles. The minimum absolute atomic E-state index is 0.500. The van der Waals surface area contributed by atoms with Crippen LogP contribution in [0.25, 0.3) is 0 Å². The summed E-state index contributed by atoms with van der Waals surface area (Å²) in [6.45, 7) is 29.9. The van der Waals surface area contributed by atoms with Crippen LogP contribution >= 0.6 is 0 Å². The largest absolute Gasteiger partial charge is 0.0683 e. The molecule has 0 spiro atoms. The van der Waals surface area contributed by atoms with E-state index in [0.717, 1.165) is 0 Å². The fourth-order valence-corrected chi connectivity index (χ4v) is 0.354. The zero-order chi connectivity index (χ0) is 17.1. The lowest BCUT2D eigenvalue weighted by molar-refractivity contribution is 0.469. The monoisotopic (exact) mass is 276 g/mol. The summed E-state index contributed by atoms with van der Waals surface area (Å²) in [6, 6.07) is 0. The molecule has 0 nitrogen and oxygen atoms in total. The highest BCUT2D eigenvalue weighted by molar-refractivity contribution is 4.47. The van der Waals surface area contributed by atoms with E-state index in [0.29, 0.717) is 10.8 Å². The van der Waals surface area contributed by atoms with Gasteiger partial charge in [-0.2, -0.15) is 0 Å². The molecule has 0 aromatic carbocycles. The lowest BCUT2D eigenvalue weighted by Gasteiger charge is -2.05. The third-order valence-electron chi connectivity index (χ3n) is 0.707. The van der Waals surface area contributed by atoms with Crippen LogP contribution in [0.15, 0.2) is 0 Å². The second-order valence-electron chi connectivity index (χ2n) is 7.35. The first-order valence-corrected chi connectivity index (χ1v) is 8.41. The van der Waals surface area contributed by atoms with E-state index in [1.165, 1.54) is 19.3 Å². The molecule has 0 saturated heterocycles. The average Bonchev–Trinajstić information content (AvgIpc) is 2.20. The van der Waals surface area contributed by atoms with Gasteiger partial charge < -0.3 is 0 Å². The molecular formula is C19H48. The summed E-state index contributed by atoms with van der Waals surface area (Å²) in [5.74, 6) is 0. The Morgan fingerprint density at radius 2 is 0.579 bits per heavy atom. The lowest BCUT2D eigenvalue weighted by atomic mass is 10.0. The Balaban J connectivity index is -0.0000000455. The fraction of sp³-hybridized carbons (Fsp3) is 1.00. The van der Waals surface area contributed by atoms with Gasteiger partial charge in [-0.25, -0.2) is 0 Å². The fourth-order valence-electron chi connectivity index (χ4n) is 0.354.